The largest absolute Gasteiger partial charge is 0.486 e. The van der Waals surface area contributed by atoms with Gasteiger partial charge >= 0.3 is 0 Å². The molecular formula is C17H15ClO4S. The van der Waals surface area contributed by atoms with Gasteiger partial charge in [0.15, 0.2) is 18.3 Å². The van der Waals surface area contributed by atoms with Gasteiger partial charge in [0, 0.05) is 26.8 Å². The van der Waals surface area contributed by atoms with Crippen LogP contribution in [0.3, 0.4) is 0 Å². The van der Waals surface area contributed by atoms with E-state index in [2.05, 4.69) is 0 Å². The fourth-order valence-electron chi connectivity index (χ4n) is 2.64. The second-order valence-electron chi connectivity index (χ2n) is 5.26. The zero-order chi connectivity index (χ0) is 15.6. The molecule has 4 rings (SSSR count). The molecule has 0 spiro atoms. The van der Waals surface area contributed by atoms with Gasteiger partial charge in [0.25, 0.3) is 0 Å². The first-order valence-corrected chi connectivity index (χ1v) is 8.70. The maximum absolute atomic E-state index is 6.20. The third-order valence-electron chi connectivity index (χ3n) is 3.66. The number of halogens is 1. The summed E-state index contributed by atoms with van der Waals surface area (Å²) in [6, 6.07) is 9.86. The Morgan fingerprint density at radius 2 is 1.87 bits per heavy atom. The van der Waals surface area contributed by atoms with Gasteiger partial charge in [0.1, 0.15) is 19.0 Å². The molecule has 0 aliphatic carbocycles. The molecule has 6 heteroatoms. The molecule has 4 nitrogen and oxygen atoms in total. The molecule has 0 bridgehead atoms. The van der Waals surface area contributed by atoms with Crippen molar-refractivity contribution in [2.75, 3.05) is 20.0 Å². The van der Waals surface area contributed by atoms with Crippen molar-refractivity contribution in [3.05, 3.63) is 46.5 Å². The Bertz CT molecular complexity index is 735. The molecule has 120 valence electrons. The number of hydrogen-bond donors (Lipinski definition) is 0. The molecule has 2 aromatic carbocycles. The second-order valence-corrected chi connectivity index (χ2v) is 6.74. The minimum Gasteiger partial charge on any atom is -0.486 e. The van der Waals surface area contributed by atoms with E-state index in [0.717, 1.165) is 39.0 Å². The van der Waals surface area contributed by atoms with E-state index in [-0.39, 0.29) is 6.79 Å². The third kappa shape index (κ3) is 3.22. The maximum atomic E-state index is 6.20. The summed E-state index contributed by atoms with van der Waals surface area (Å²) in [7, 11) is 0. The van der Waals surface area contributed by atoms with Crippen LogP contribution in [-0.4, -0.2) is 20.0 Å². The van der Waals surface area contributed by atoms with Crippen molar-refractivity contribution in [3.8, 4) is 17.2 Å². The molecule has 0 amide bonds. The topological polar surface area (TPSA) is 36.9 Å². The summed E-state index contributed by atoms with van der Waals surface area (Å²) in [4.78, 5) is 1.12. The lowest BCUT2D eigenvalue weighted by atomic mass is 10.1. The zero-order valence-electron chi connectivity index (χ0n) is 12.3. The summed E-state index contributed by atoms with van der Waals surface area (Å²) in [6.45, 7) is 2.03. The summed E-state index contributed by atoms with van der Waals surface area (Å²) in [5.74, 6) is 3.27. The Hall–Kier alpha value is -1.56. The van der Waals surface area contributed by atoms with Crippen molar-refractivity contribution in [1.82, 2.24) is 0 Å². The van der Waals surface area contributed by atoms with Crippen LogP contribution < -0.4 is 14.2 Å². The van der Waals surface area contributed by atoms with E-state index in [1.807, 2.05) is 30.3 Å². The van der Waals surface area contributed by atoms with Gasteiger partial charge < -0.3 is 18.9 Å². The number of benzene rings is 2. The normalized spacial score (nSPS) is 15.7. The van der Waals surface area contributed by atoms with Gasteiger partial charge in [-0.3, -0.25) is 0 Å². The average molecular weight is 351 g/mol. The van der Waals surface area contributed by atoms with Gasteiger partial charge in [0.2, 0.25) is 0 Å². The van der Waals surface area contributed by atoms with Crippen LogP contribution in [0.15, 0.2) is 35.2 Å². The number of hydrogen-bond acceptors (Lipinski definition) is 5. The molecule has 0 fully saturated rings. The fraction of sp³-hybridized carbons (Fsp3) is 0.294. The van der Waals surface area contributed by atoms with E-state index >= 15 is 0 Å². The van der Waals surface area contributed by atoms with Crippen molar-refractivity contribution < 1.29 is 18.9 Å². The average Bonchev–Trinajstić information content (AvgIpc) is 2.59. The lowest BCUT2D eigenvalue weighted by molar-refractivity contribution is -0.0168. The predicted molar refractivity (Wildman–Crippen MR) is 88.7 cm³/mol. The summed E-state index contributed by atoms with van der Waals surface area (Å²) in [6.07, 6.45) is 0. The minimum absolute atomic E-state index is 0.288. The Kier molecular flexibility index (Phi) is 4.25. The van der Waals surface area contributed by atoms with Crippen molar-refractivity contribution >= 4 is 23.4 Å². The van der Waals surface area contributed by atoms with E-state index in [9.17, 15) is 0 Å². The van der Waals surface area contributed by atoms with Gasteiger partial charge in [-0.25, -0.2) is 0 Å². The van der Waals surface area contributed by atoms with E-state index in [0.29, 0.717) is 24.8 Å². The molecule has 2 heterocycles. The number of fused-ring (bicyclic) bond motifs is 2. The first-order valence-electron chi connectivity index (χ1n) is 7.34. The molecule has 2 aliphatic rings. The standard InChI is InChI=1S/C17H15ClO4S/c18-13-5-11-8-19-10-22-17(11)12(6-13)9-23-14-1-2-15-16(7-14)21-4-3-20-15/h1-2,5-7H,3-4,8-10H2. The lowest BCUT2D eigenvalue weighted by Gasteiger charge is -2.21. The van der Waals surface area contributed by atoms with Crippen molar-refractivity contribution in [2.45, 2.75) is 17.3 Å². The quantitative estimate of drug-likeness (QED) is 0.773. The first kappa shape index (κ1) is 15.0. The van der Waals surface area contributed by atoms with Crippen molar-refractivity contribution in [1.29, 1.82) is 0 Å². The van der Waals surface area contributed by atoms with E-state index in [4.69, 9.17) is 30.5 Å². The number of rotatable bonds is 3. The Labute approximate surface area is 143 Å². The maximum Gasteiger partial charge on any atom is 0.189 e. The summed E-state index contributed by atoms with van der Waals surface area (Å²) < 4.78 is 22.1. The highest BCUT2D eigenvalue weighted by Gasteiger charge is 2.17. The zero-order valence-corrected chi connectivity index (χ0v) is 13.9. The SMILES string of the molecule is Clc1cc2c(c(CSc3ccc4c(c3)OCCO4)c1)OCOC2. The Balaban J connectivity index is 1.54. The van der Waals surface area contributed by atoms with Crippen LogP contribution in [0.4, 0.5) is 0 Å². The highest BCUT2D eigenvalue weighted by Crippen LogP contribution is 2.38. The number of thioether (sulfide) groups is 1. The van der Waals surface area contributed by atoms with Crippen LogP contribution in [0.25, 0.3) is 0 Å². The molecule has 2 aromatic rings. The summed E-state index contributed by atoms with van der Waals surface area (Å²) in [5.41, 5.74) is 2.08. The Morgan fingerprint density at radius 1 is 1.00 bits per heavy atom. The van der Waals surface area contributed by atoms with Crippen LogP contribution in [0.2, 0.25) is 5.02 Å². The molecule has 0 atom stereocenters. The predicted octanol–water partition coefficient (Wildman–Crippen LogP) is 4.27. The van der Waals surface area contributed by atoms with Gasteiger partial charge in [-0.15, -0.1) is 11.8 Å². The van der Waals surface area contributed by atoms with Crippen LogP contribution in [0.5, 0.6) is 17.2 Å². The highest BCUT2D eigenvalue weighted by molar-refractivity contribution is 7.98. The second kappa shape index (κ2) is 6.51. The van der Waals surface area contributed by atoms with Gasteiger partial charge in [-0.1, -0.05) is 11.6 Å². The summed E-state index contributed by atoms with van der Waals surface area (Å²) in [5, 5.41) is 0.704. The molecule has 0 radical (unpaired) electrons. The van der Waals surface area contributed by atoms with E-state index in [1.165, 1.54) is 0 Å². The molecule has 2 aliphatic heterocycles. The monoisotopic (exact) mass is 350 g/mol. The third-order valence-corrected chi connectivity index (χ3v) is 4.92. The van der Waals surface area contributed by atoms with E-state index < -0.39 is 0 Å². The smallest absolute Gasteiger partial charge is 0.189 e. The highest BCUT2D eigenvalue weighted by atomic mass is 35.5. The van der Waals surface area contributed by atoms with Crippen LogP contribution in [0, 0.1) is 0 Å². The van der Waals surface area contributed by atoms with Gasteiger partial charge in [-0.2, -0.15) is 0 Å². The van der Waals surface area contributed by atoms with Crippen molar-refractivity contribution in [2.24, 2.45) is 0 Å². The van der Waals surface area contributed by atoms with Crippen molar-refractivity contribution in [3.63, 3.8) is 0 Å². The van der Waals surface area contributed by atoms with Gasteiger partial charge in [-0.05, 0) is 30.3 Å². The molecule has 0 saturated carbocycles. The first-order chi connectivity index (χ1) is 11.3. The molecule has 0 saturated heterocycles. The summed E-state index contributed by atoms with van der Waals surface area (Å²) >= 11 is 7.91. The Morgan fingerprint density at radius 3 is 2.78 bits per heavy atom. The molecule has 0 unspecified atom stereocenters. The molecule has 23 heavy (non-hydrogen) atoms. The van der Waals surface area contributed by atoms with Crippen LogP contribution in [0.1, 0.15) is 11.1 Å². The minimum atomic E-state index is 0.288. The molecule has 0 aromatic heterocycles. The van der Waals surface area contributed by atoms with Gasteiger partial charge in [0.05, 0.1) is 6.61 Å². The van der Waals surface area contributed by atoms with Crippen LogP contribution >= 0.6 is 23.4 Å². The fourth-order valence-corrected chi connectivity index (χ4v) is 3.79. The lowest BCUT2D eigenvalue weighted by Crippen LogP contribution is -2.15. The molecular weight excluding hydrogens is 336 g/mol. The molecule has 0 N–H and O–H groups in total. The number of ether oxygens (including phenoxy) is 4. The van der Waals surface area contributed by atoms with Crippen LogP contribution in [-0.2, 0) is 17.1 Å². The van der Waals surface area contributed by atoms with E-state index in [1.54, 1.807) is 11.8 Å².